The number of nitrogens with one attached hydrogen (secondary N) is 1. The van der Waals surface area contributed by atoms with Gasteiger partial charge in [-0.15, -0.1) is 12.4 Å². The summed E-state index contributed by atoms with van der Waals surface area (Å²) < 4.78 is 18.6. The standard InChI is InChI=1S/C13H13ClFNO2.ClH/c14-11-7-9(1-3-12(11)15)13-4-2-10(18-13)8-16-5-6-17;/h1-4,7,16-17H,5-6,8H2;1H. The minimum atomic E-state index is -0.447. The summed E-state index contributed by atoms with van der Waals surface area (Å²) in [5, 5.41) is 11.7. The number of hydrogen-bond donors (Lipinski definition) is 2. The van der Waals surface area contributed by atoms with Crippen LogP contribution in [0.25, 0.3) is 11.3 Å². The lowest BCUT2D eigenvalue weighted by Gasteiger charge is -2.00. The van der Waals surface area contributed by atoms with E-state index in [4.69, 9.17) is 21.1 Å². The number of rotatable bonds is 5. The summed E-state index contributed by atoms with van der Waals surface area (Å²) >= 11 is 5.72. The molecule has 1 aromatic heterocycles. The lowest BCUT2D eigenvalue weighted by molar-refractivity contribution is 0.290. The summed E-state index contributed by atoms with van der Waals surface area (Å²) in [6.45, 7) is 1.13. The van der Waals surface area contributed by atoms with Crippen molar-refractivity contribution in [2.45, 2.75) is 6.54 Å². The Morgan fingerprint density at radius 1 is 1.26 bits per heavy atom. The van der Waals surface area contributed by atoms with Gasteiger partial charge in [-0.3, -0.25) is 0 Å². The van der Waals surface area contributed by atoms with Gasteiger partial charge in [-0.2, -0.15) is 0 Å². The third-order valence-corrected chi connectivity index (χ3v) is 2.74. The van der Waals surface area contributed by atoms with Crippen LogP contribution in [0.3, 0.4) is 0 Å². The molecule has 0 aliphatic heterocycles. The second kappa shape index (κ2) is 7.50. The van der Waals surface area contributed by atoms with Crippen molar-refractivity contribution in [3.05, 3.63) is 46.9 Å². The van der Waals surface area contributed by atoms with E-state index in [1.807, 2.05) is 6.07 Å². The van der Waals surface area contributed by atoms with E-state index in [1.54, 1.807) is 12.1 Å². The highest BCUT2D eigenvalue weighted by Gasteiger charge is 2.07. The molecule has 3 nitrogen and oxygen atoms in total. The molecule has 0 saturated heterocycles. The van der Waals surface area contributed by atoms with E-state index in [1.165, 1.54) is 12.1 Å². The lowest BCUT2D eigenvalue weighted by atomic mass is 10.2. The minimum Gasteiger partial charge on any atom is -0.460 e. The second-order valence-corrected chi connectivity index (χ2v) is 4.20. The maximum absolute atomic E-state index is 13.0. The number of aliphatic hydroxyl groups excluding tert-OH is 1. The van der Waals surface area contributed by atoms with Gasteiger partial charge in [0, 0.05) is 12.1 Å². The summed E-state index contributed by atoms with van der Waals surface area (Å²) in [5.74, 6) is 0.938. The molecule has 0 fully saturated rings. The maximum atomic E-state index is 13.0. The smallest absolute Gasteiger partial charge is 0.141 e. The van der Waals surface area contributed by atoms with Crippen LogP contribution < -0.4 is 5.32 Å². The molecule has 0 radical (unpaired) electrons. The summed E-state index contributed by atoms with van der Waals surface area (Å²) in [6.07, 6.45) is 0. The molecule has 0 amide bonds. The minimum absolute atomic E-state index is 0. The topological polar surface area (TPSA) is 45.4 Å². The van der Waals surface area contributed by atoms with Crippen LogP contribution in [0.15, 0.2) is 34.7 Å². The Bertz CT molecular complexity index is 531. The molecule has 2 rings (SSSR count). The van der Waals surface area contributed by atoms with Gasteiger partial charge in [0.1, 0.15) is 17.3 Å². The summed E-state index contributed by atoms with van der Waals surface area (Å²) in [5.41, 5.74) is 0.731. The predicted molar refractivity (Wildman–Crippen MR) is 75.2 cm³/mol. The molecule has 2 N–H and O–H groups in total. The van der Waals surface area contributed by atoms with E-state index in [0.29, 0.717) is 18.8 Å². The molecule has 1 aromatic carbocycles. The molecule has 0 aliphatic carbocycles. The quantitative estimate of drug-likeness (QED) is 0.834. The van der Waals surface area contributed by atoms with Crippen molar-refractivity contribution in [1.82, 2.24) is 5.32 Å². The van der Waals surface area contributed by atoms with Gasteiger partial charge in [0.15, 0.2) is 0 Å². The first kappa shape index (κ1) is 16.0. The monoisotopic (exact) mass is 305 g/mol. The fourth-order valence-electron chi connectivity index (χ4n) is 1.57. The zero-order valence-electron chi connectivity index (χ0n) is 10.0. The van der Waals surface area contributed by atoms with Crippen molar-refractivity contribution in [3.63, 3.8) is 0 Å². The van der Waals surface area contributed by atoms with Crippen molar-refractivity contribution in [3.8, 4) is 11.3 Å². The van der Waals surface area contributed by atoms with Crippen LogP contribution in [-0.2, 0) is 6.54 Å². The van der Waals surface area contributed by atoms with Gasteiger partial charge in [0.25, 0.3) is 0 Å². The average Bonchev–Trinajstić information content (AvgIpc) is 2.82. The molecular weight excluding hydrogens is 292 g/mol. The summed E-state index contributed by atoms with van der Waals surface area (Å²) in [4.78, 5) is 0. The Hall–Kier alpha value is -1.07. The van der Waals surface area contributed by atoms with E-state index < -0.39 is 5.82 Å². The number of aliphatic hydroxyl groups is 1. The van der Waals surface area contributed by atoms with Gasteiger partial charge in [-0.05, 0) is 30.3 Å². The lowest BCUT2D eigenvalue weighted by Crippen LogP contribution is -2.16. The second-order valence-electron chi connectivity index (χ2n) is 3.80. The Balaban J connectivity index is 0.00000180. The summed E-state index contributed by atoms with van der Waals surface area (Å²) in [6, 6.07) is 8.09. The highest BCUT2D eigenvalue weighted by atomic mass is 35.5. The maximum Gasteiger partial charge on any atom is 0.141 e. The van der Waals surface area contributed by atoms with Crippen LogP contribution in [0.4, 0.5) is 4.39 Å². The molecular formula is C13H14Cl2FNO2. The zero-order chi connectivity index (χ0) is 13.0. The first-order valence-electron chi connectivity index (χ1n) is 5.56. The largest absolute Gasteiger partial charge is 0.460 e. The van der Waals surface area contributed by atoms with Crippen molar-refractivity contribution < 1.29 is 13.9 Å². The van der Waals surface area contributed by atoms with Gasteiger partial charge in [0.2, 0.25) is 0 Å². The van der Waals surface area contributed by atoms with Gasteiger partial charge >= 0.3 is 0 Å². The van der Waals surface area contributed by atoms with Crippen molar-refractivity contribution in [2.24, 2.45) is 0 Å². The highest BCUT2D eigenvalue weighted by molar-refractivity contribution is 6.31. The highest BCUT2D eigenvalue weighted by Crippen LogP contribution is 2.26. The molecule has 19 heavy (non-hydrogen) atoms. The molecule has 2 aromatic rings. The Labute approximate surface area is 121 Å². The number of benzene rings is 1. The van der Waals surface area contributed by atoms with E-state index in [2.05, 4.69) is 5.32 Å². The van der Waals surface area contributed by atoms with E-state index >= 15 is 0 Å². The molecule has 1 heterocycles. The van der Waals surface area contributed by atoms with E-state index in [9.17, 15) is 4.39 Å². The zero-order valence-corrected chi connectivity index (χ0v) is 11.6. The molecule has 104 valence electrons. The fourth-order valence-corrected chi connectivity index (χ4v) is 1.75. The molecule has 0 saturated carbocycles. The number of furan rings is 1. The number of hydrogen-bond acceptors (Lipinski definition) is 3. The van der Waals surface area contributed by atoms with Crippen LogP contribution in [0.5, 0.6) is 0 Å². The third-order valence-electron chi connectivity index (χ3n) is 2.45. The van der Waals surface area contributed by atoms with Gasteiger partial charge in [-0.1, -0.05) is 11.6 Å². The van der Waals surface area contributed by atoms with E-state index in [-0.39, 0.29) is 24.0 Å². The van der Waals surface area contributed by atoms with Crippen LogP contribution in [0.2, 0.25) is 5.02 Å². The third kappa shape index (κ3) is 4.21. The molecule has 0 bridgehead atoms. The van der Waals surface area contributed by atoms with Crippen LogP contribution in [0, 0.1) is 5.82 Å². The Kier molecular flexibility index (Phi) is 6.31. The van der Waals surface area contributed by atoms with E-state index in [0.717, 1.165) is 11.3 Å². The van der Waals surface area contributed by atoms with Gasteiger partial charge in [-0.25, -0.2) is 4.39 Å². The van der Waals surface area contributed by atoms with Gasteiger partial charge < -0.3 is 14.8 Å². The molecule has 0 atom stereocenters. The van der Waals surface area contributed by atoms with Gasteiger partial charge in [0.05, 0.1) is 18.2 Å². The van der Waals surface area contributed by atoms with Crippen molar-refractivity contribution in [2.75, 3.05) is 13.2 Å². The normalized spacial score (nSPS) is 10.3. The Morgan fingerprint density at radius 3 is 2.74 bits per heavy atom. The average molecular weight is 306 g/mol. The first-order chi connectivity index (χ1) is 8.70. The van der Waals surface area contributed by atoms with Crippen LogP contribution >= 0.6 is 24.0 Å². The van der Waals surface area contributed by atoms with Crippen molar-refractivity contribution in [1.29, 1.82) is 0 Å². The predicted octanol–water partition coefficient (Wildman–Crippen LogP) is 3.24. The SMILES string of the molecule is Cl.OCCNCc1ccc(-c2ccc(F)c(Cl)c2)o1. The molecule has 6 heteroatoms. The van der Waals surface area contributed by atoms with Crippen LogP contribution in [0.1, 0.15) is 5.76 Å². The molecule has 0 unspecified atom stereocenters. The number of halogens is 3. The Morgan fingerprint density at radius 2 is 2.05 bits per heavy atom. The van der Waals surface area contributed by atoms with Crippen molar-refractivity contribution >= 4 is 24.0 Å². The molecule has 0 spiro atoms. The van der Waals surface area contributed by atoms with Crippen LogP contribution in [-0.4, -0.2) is 18.3 Å². The summed E-state index contributed by atoms with van der Waals surface area (Å²) in [7, 11) is 0. The first-order valence-corrected chi connectivity index (χ1v) is 5.94. The fraction of sp³-hybridized carbons (Fsp3) is 0.231. The molecule has 0 aliphatic rings.